The zero-order chi connectivity index (χ0) is 12.6. The fourth-order valence-electron chi connectivity index (χ4n) is 2.48. The van der Waals surface area contributed by atoms with Crippen molar-refractivity contribution in [1.29, 1.82) is 0 Å². The van der Waals surface area contributed by atoms with Gasteiger partial charge in [0.05, 0.1) is 11.9 Å². The van der Waals surface area contributed by atoms with Gasteiger partial charge in [-0.15, -0.1) is 0 Å². The third kappa shape index (κ3) is 1.78. The van der Waals surface area contributed by atoms with Crippen molar-refractivity contribution >= 4 is 5.91 Å². The maximum absolute atomic E-state index is 12.1. The Morgan fingerprint density at radius 3 is 2.94 bits per heavy atom. The summed E-state index contributed by atoms with van der Waals surface area (Å²) in [7, 11) is 1.72. The highest BCUT2D eigenvalue weighted by Crippen LogP contribution is 2.27. The van der Waals surface area contributed by atoms with Crippen molar-refractivity contribution in [3.63, 3.8) is 0 Å². The summed E-state index contributed by atoms with van der Waals surface area (Å²) in [5.74, 6) is 0.744. The van der Waals surface area contributed by atoms with Gasteiger partial charge in [-0.3, -0.25) is 9.69 Å². The second kappa shape index (κ2) is 4.18. The normalized spacial score (nSPS) is 28.5. The van der Waals surface area contributed by atoms with Crippen LogP contribution in [0, 0.1) is 0 Å². The maximum atomic E-state index is 12.1. The molecule has 1 amide bonds. The van der Waals surface area contributed by atoms with Crippen LogP contribution in [0.4, 0.5) is 0 Å². The molecule has 0 bridgehead atoms. The monoisotopic (exact) mass is 236 g/mol. The van der Waals surface area contributed by atoms with Crippen LogP contribution in [0.25, 0.3) is 10.4 Å². The Kier molecular flexibility index (Phi) is 2.85. The third-order valence-corrected chi connectivity index (χ3v) is 3.27. The standard InChI is InChI=1S/C10H16N6O/c1-6-9-15(3)10(17)8(13-14-11)4-5-16(9)7(2)12-6/h7-8,12H,4-5H2,1-3H3. The first-order valence-corrected chi connectivity index (χ1v) is 5.62. The second-order valence-electron chi connectivity index (χ2n) is 4.37. The van der Waals surface area contributed by atoms with Gasteiger partial charge in [0.1, 0.15) is 11.9 Å². The fourth-order valence-corrected chi connectivity index (χ4v) is 2.48. The molecule has 0 aliphatic carbocycles. The summed E-state index contributed by atoms with van der Waals surface area (Å²) in [6.45, 7) is 4.70. The largest absolute Gasteiger partial charge is 0.366 e. The molecule has 2 atom stereocenters. The summed E-state index contributed by atoms with van der Waals surface area (Å²) in [6, 6.07) is -0.594. The number of hydrogen-bond acceptors (Lipinski definition) is 4. The molecule has 1 N–H and O–H groups in total. The molecular formula is C10H16N6O. The van der Waals surface area contributed by atoms with Crippen LogP contribution < -0.4 is 5.32 Å². The van der Waals surface area contributed by atoms with Gasteiger partial charge in [0.15, 0.2) is 0 Å². The molecule has 2 unspecified atom stereocenters. The number of nitrogens with one attached hydrogen (secondary N) is 1. The highest BCUT2D eigenvalue weighted by atomic mass is 16.2. The summed E-state index contributed by atoms with van der Waals surface area (Å²) in [6.07, 6.45) is 0.723. The lowest BCUT2D eigenvalue weighted by Gasteiger charge is -2.27. The highest BCUT2D eigenvalue weighted by Gasteiger charge is 2.36. The van der Waals surface area contributed by atoms with Crippen LogP contribution in [-0.2, 0) is 4.79 Å². The number of amides is 1. The molecule has 7 heteroatoms. The van der Waals surface area contributed by atoms with Crippen molar-refractivity contribution < 1.29 is 4.79 Å². The molecule has 0 aromatic heterocycles. The van der Waals surface area contributed by atoms with Gasteiger partial charge in [-0.1, -0.05) is 5.11 Å². The van der Waals surface area contributed by atoms with Crippen LogP contribution in [-0.4, -0.2) is 41.5 Å². The van der Waals surface area contributed by atoms with Gasteiger partial charge >= 0.3 is 0 Å². The minimum atomic E-state index is -0.594. The van der Waals surface area contributed by atoms with Crippen LogP contribution >= 0.6 is 0 Å². The second-order valence-corrected chi connectivity index (χ2v) is 4.37. The predicted octanol–water partition coefficient (Wildman–Crippen LogP) is 0.968. The molecule has 2 aliphatic rings. The fraction of sp³-hybridized carbons (Fsp3) is 0.700. The summed E-state index contributed by atoms with van der Waals surface area (Å²) < 4.78 is 0. The molecular weight excluding hydrogens is 220 g/mol. The van der Waals surface area contributed by atoms with Crippen molar-refractivity contribution in [2.45, 2.75) is 32.5 Å². The zero-order valence-electron chi connectivity index (χ0n) is 10.2. The number of carbonyl (C=O) groups excluding carboxylic acids is 1. The van der Waals surface area contributed by atoms with E-state index in [-0.39, 0.29) is 12.1 Å². The average molecular weight is 236 g/mol. The van der Waals surface area contributed by atoms with Crippen molar-refractivity contribution in [1.82, 2.24) is 15.1 Å². The molecule has 7 nitrogen and oxygen atoms in total. The molecule has 0 aromatic rings. The van der Waals surface area contributed by atoms with E-state index in [1.54, 1.807) is 11.9 Å². The van der Waals surface area contributed by atoms with E-state index in [0.29, 0.717) is 13.0 Å². The van der Waals surface area contributed by atoms with Crippen LogP contribution in [0.1, 0.15) is 20.3 Å². The van der Waals surface area contributed by atoms with Crippen LogP contribution in [0.15, 0.2) is 16.6 Å². The number of fused-ring (bicyclic) bond motifs is 1. The number of allylic oxidation sites excluding steroid dienone is 1. The molecule has 2 heterocycles. The Labute approximate surface area is 99.7 Å². The SMILES string of the molecule is CC1=C2N(C)C(=O)C(N=[N+]=[N-])CCN2C(C)N1. The lowest BCUT2D eigenvalue weighted by molar-refractivity contribution is -0.129. The molecule has 92 valence electrons. The van der Waals surface area contributed by atoms with Gasteiger partial charge in [0.25, 0.3) is 0 Å². The number of nitrogens with zero attached hydrogens (tertiary/aromatic N) is 5. The Balaban J connectivity index is 2.36. The van der Waals surface area contributed by atoms with E-state index < -0.39 is 6.04 Å². The van der Waals surface area contributed by atoms with Crippen LogP contribution in [0.5, 0.6) is 0 Å². The molecule has 17 heavy (non-hydrogen) atoms. The number of hydrogen-bond donors (Lipinski definition) is 1. The van der Waals surface area contributed by atoms with E-state index >= 15 is 0 Å². The van der Waals surface area contributed by atoms with Gasteiger partial charge in [0.2, 0.25) is 5.91 Å². The Bertz CT molecular complexity index is 425. The summed E-state index contributed by atoms with van der Waals surface area (Å²) in [5, 5.41) is 6.86. The molecule has 1 fully saturated rings. The zero-order valence-corrected chi connectivity index (χ0v) is 10.2. The van der Waals surface area contributed by atoms with E-state index in [1.165, 1.54) is 0 Å². The van der Waals surface area contributed by atoms with Gasteiger partial charge in [-0.05, 0) is 25.8 Å². The summed E-state index contributed by atoms with van der Waals surface area (Å²) in [5.41, 5.74) is 9.45. The molecule has 0 radical (unpaired) electrons. The van der Waals surface area contributed by atoms with Gasteiger partial charge in [-0.2, -0.15) is 0 Å². The van der Waals surface area contributed by atoms with E-state index in [1.807, 2.05) is 13.8 Å². The smallest absolute Gasteiger partial charge is 0.236 e. The van der Waals surface area contributed by atoms with Gasteiger partial charge < -0.3 is 10.2 Å². The first-order chi connectivity index (χ1) is 8.06. The maximum Gasteiger partial charge on any atom is 0.236 e. The molecule has 0 spiro atoms. The first kappa shape index (κ1) is 11.6. The molecule has 0 aromatic carbocycles. The number of likely N-dealkylation sites (N-methyl/N-ethyl adjacent to an activating group) is 1. The lowest BCUT2D eigenvalue weighted by atomic mass is 10.2. The Morgan fingerprint density at radius 2 is 2.29 bits per heavy atom. The van der Waals surface area contributed by atoms with Gasteiger partial charge in [-0.25, -0.2) is 0 Å². The van der Waals surface area contributed by atoms with Crippen LogP contribution in [0.2, 0.25) is 0 Å². The first-order valence-electron chi connectivity index (χ1n) is 5.62. The molecule has 0 saturated carbocycles. The Morgan fingerprint density at radius 1 is 1.59 bits per heavy atom. The minimum absolute atomic E-state index is 0.143. The lowest BCUT2D eigenvalue weighted by Crippen LogP contribution is -2.38. The number of rotatable bonds is 1. The Hall–Kier alpha value is -1.88. The highest BCUT2D eigenvalue weighted by molar-refractivity contribution is 5.83. The average Bonchev–Trinajstić information content (AvgIpc) is 2.50. The van der Waals surface area contributed by atoms with Crippen molar-refractivity contribution in [2.24, 2.45) is 5.11 Å². The predicted molar refractivity (Wildman–Crippen MR) is 62.3 cm³/mol. The van der Waals surface area contributed by atoms with Crippen molar-refractivity contribution in [3.8, 4) is 0 Å². The van der Waals surface area contributed by atoms with Crippen molar-refractivity contribution in [3.05, 3.63) is 22.0 Å². The van der Waals surface area contributed by atoms with Crippen LogP contribution in [0.3, 0.4) is 0 Å². The van der Waals surface area contributed by atoms with E-state index in [2.05, 4.69) is 20.2 Å². The van der Waals surface area contributed by atoms with E-state index in [9.17, 15) is 4.79 Å². The quantitative estimate of drug-likeness (QED) is 0.418. The minimum Gasteiger partial charge on any atom is -0.366 e. The van der Waals surface area contributed by atoms with E-state index in [4.69, 9.17) is 5.53 Å². The summed E-state index contributed by atoms with van der Waals surface area (Å²) >= 11 is 0. The van der Waals surface area contributed by atoms with E-state index in [0.717, 1.165) is 11.5 Å². The molecule has 2 rings (SSSR count). The summed E-state index contributed by atoms with van der Waals surface area (Å²) in [4.78, 5) is 18.6. The molecule has 2 aliphatic heterocycles. The topological polar surface area (TPSA) is 84.3 Å². The third-order valence-electron chi connectivity index (χ3n) is 3.27. The number of azide groups is 1. The number of carbonyl (C=O) groups is 1. The van der Waals surface area contributed by atoms with Gasteiger partial charge in [0, 0.05) is 18.5 Å². The molecule has 1 saturated heterocycles. The van der Waals surface area contributed by atoms with Crippen molar-refractivity contribution in [2.75, 3.05) is 13.6 Å².